The van der Waals surface area contributed by atoms with Crippen LogP contribution in [0.5, 0.6) is 0 Å². The number of nitrogens with zero attached hydrogens (tertiary/aromatic N) is 5. The summed E-state index contributed by atoms with van der Waals surface area (Å²) in [7, 11) is 0. The minimum Gasteiger partial charge on any atom is -0.481 e. The molecule has 4 rings (SSSR count). The highest BCUT2D eigenvalue weighted by Crippen LogP contribution is 2.44. The van der Waals surface area contributed by atoms with Crippen LogP contribution in [0.15, 0.2) is 45.7 Å². The Morgan fingerprint density at radius 2 is 1.98 bits per heavy atom. The number of amidine groups is 1. The molecule has 2 aliphatic rings. The lowest BCUT2D eigenvalue weighted by molar-refractivity contribution is -0.150. The molecule has 16 nitrogen and oxygen atoms in total. The van der Waals surface area contributed by atoms with Gasteiger partial charge < -0.3 is 31.5 Å². The van der Waals surface area contributed by atoms with Gasteiger partial charge in [-0.3, -0.25) is 19.3 Å². The predicted molar refractivity (Wildman–Crippen MR) is 140 cm³/mol. The van der Waals surface area contributed by atoms with Gasteiger partial charge in [0.25, 0.3) is 5.91 Å². The first-order chi connectivity index (χ1) is 19.0. The summed E-state index contributed by atoms with van der Waals surface area (Å²) in [6, 6.07) is 5.31. The molecule has 2 amide bonds. The molecule has 1 fully saturated rings. The van der Waals surface area contributed by atoms with Crippen molar-refractivity contribution < 1.29 is 39.6 Å². The minimum absolute atomic E-state index is 0.0747. The molecule has 2 aromatic rings. The Balaban J connectivity index is 1.45. The van der Waals surface area contributed by atoms with Gasteiger partial charge in [0.1, 0.15) is 17.1 Å². The molecule has 1 saturated heterocycles. The molecule has 0 radical (unpaired) electrons. The van der Waals surface area contributed by atoms with E-state index in [0.29, 0.717) is 16.8 Å². The maximum atomic E-state index is 13.0. The quantitative estimate of drug-likeness (QED) is 0.0503. The van der Waals surface area contributed by atoms with Crippen molar-refractivity contribution in [1.29, 1.82) is 0 Å². The second-order valence-corrected chi connectivity index (χ2v) is 10.9. The third-order valence-corrected chi connectivity index (χ3v) is 8.41. The average molecular weight is 593 g/mol. The van der Waals surface area contributed by atoms with Crippen molar-refractivity contribution >= 4 is 58.8 Å². The van der Waals surface area contributed by atoms with E-state index in [1.807, 2.05) is 0 Å². The number of carbonyl (C=O) groups excluding carboxylic acids is 2. The van der Waals surface area contributed by atoms with Crippen LogP contribution in [-0.2, 0) is 25.6 Å². The first-order valence-electron chi connectivity index (χ1n) is 11.7. The molecule has 0 saturated carbocycles. The number of carboxylic acid groups (broad SMARTS) is 2. The summed E-state index contributed by atoms with van der Waals surface area (Å²) in [6.07, 6.45) is -2.13. The number of hydrogen-bond acceptors (Lipinski definition) is 12. The molecule has 0 aliphatic carbocycles. The number of benzene rings is 1. The number of aromatic nitrogens is 4. The van der Waals surface area contributed by atoms with Crippen LogP contribution >= 0.6 is 23.5 Å². The Hall–Kier alpha value is -4.00. The zero-order valence-electron chi connectivity index (χ0n) is 20.5. The number of nitrogens with one attached hydrogen (secondary N) is 2. The number of aromatic amines is 1. The Kier molecular flexibility index (Phi) is 9.03. The van der Waals surface area contributed by atoms with E-state index in [-0.39, 0.29) is 41.7 Å². The summed E-state index contributed by atoms with van der Waals surface area (Å²) in [4.78, 5) is 54.2. The fourth-order valence-electron chi connectivity index (χ4n) is 4.08. The number of tetrazole rings is 1. The van der Waals surface area contributed by atoms with Gasteiger partial charge in [0.2, 0.25) is 17.4 Å². The smallest absolute Gasteiger partial charge is 0.352 e. The maximum absolute atomic E-state index is 13.0. The lowest BCUT2D eigenvalue weighted by Gasteiger charge is -2.50. The Morgan fingerprint density at radius 1 is 1.25 bits per heavy atom. The zero-order chi connectivity index (χ0) is 29.0. The number of H-pyrrole nitrogens is 1. The van der Waals surface area contributed by atoms with E-state index in [4.69, 9.17) is 15.9 Å². The summed E-state index contributed by atoms with van der Waals surface area (Å²) < 4.78 is 0. The van der Waals surface area contributed by atoms with Crippen molar-refractivity contribution in [3.63, 3.8) is 0 Å². The number of β-lactam (4-membered cyclic amide) rings is 1. The summed E-state index contributed by atoms with van der Waals surface area (Å²) in [6.45, 7) is 0. The number of aliphatic imine (C=N–C) groups is 1. The van der Waals surface area contributed by atoms with Crippen LogP contribution in [0.4, 0.5) is 5.69 Å². The van der Waals surface area contributed by atoms with Crippen LogP contribution in [-0.4, -0.2) is 104 Å². The Bertz CT molecular complexity index is 1350. The van der Waals surface area contributed by atoms with Crippen LogP contribution in [0.2, 0.25) is 0 Å². The van der Waals surface area contributed by atoms with Crippen molar-refractivity contribution in [3.05, 3.63) is 41.1 Å². The molecule has 3 heterocycles. The molecule has 212 valence electrons. The van der Waals surface area contributed by atoms with Crippen molar-refractivity contribution in [2.24, 2.45) is 10.7 Å². The van der Waals surface area contributed by atoms with Gasteiger partial charge in [-0.2, -0.15) is 5.21 Å². The summed E-state index contributed by atoms with van der Waals surface area (Å²) in [5.41, 5.74) is 6.45. The van der Waals surface area contributed by atoms with Crippen LogP contribution in [0.25, 0.3) is 0 Å². The fraction of sp³-hybridized carbons (Fsp3) is 0.364. The van der Waals surface area contributed by atoms with Crippen LogP contribution in [0.3, 0.4) is 0 Å². The first kappa shape index (κ1) is 29.0. The number of aliphatic hydroxyl groups excluding tert-OH is 1. The van der Waals surface area contributed by atoms with Crippen molar-refractivity contribution in [2.75, 3.05) is 5.75 Å². The highest BCUT2D eigenvalue weighted by Gasteiger charge is 2.54. The molecule has 0 spiro atoms. The summed E-state index contributed by atoms with van der Waals surface area (Å²) >= 11 is 2.31. The Labute approximate surface area is 234 Å². The number of carboxylic acids is 2. The van der Waals surface area contributed by atoms with Gasteiger partial charge in [-0.05, 0) is 34.9 Å². The highest BCUT2D eigenvalue weighted by molar-refractivity contribution is 8.01. The van der Waals surface area contributed by atoms with Gasteiger partial charge in [0, 0.05) is 17.4 Å². The largest absolute Gasteiger partial charge is 0.481 e. The molecule has 0 bridgehead atoms. The molecule has 1 aromatic carbocycles. The second kappa shape index (κ2) is 12.5. The van der Waals surface area contributed by atoms with Crippen molar-refractivity contribution in [1.82, 2.24) is 30.8 Å². The molecule has 2 unspecified atom stereocenters. The number of nitrogens with two attached hydrogens (primary N) is 1. The third-order valence-electron chi connectivity index (χ3n) is 5.92. The van der Waals surface area contributed by atoms with E-state index in [9.17, 15) is 29.4 Å². The molecule has 3 atom stereocenters. The number of rotatable bonds is 12. The first-order valence-corrected chi connectivity index (χ1v) is 13.6. The van der Waals surface area contributed by atoms with Gasteiger partial charge in [0.05, 0.1) is 12.1 Å². The number of aliphatic hydroxyl groups is 2. The number of amides is 2. The third kappa shape index (κ3) is 6.58. The highest BCUT2D eigenvalue weighted by atomic mass is 32.2. The monoisotopic (exact) mass is 592 g/mol. The standard InChI is InChI=1S/C22H24N8O8S2/c23-17(21(37)38)24-10-3-1-9(2-4-10)7-13(31)25-15-18(34)30-16(20(35)36)11(8-39-19(15)30)12(5-6-14(32)33)40-22-26-28-29-27-22/h1-4,12,15,19,21,37-38H,5-8H2,(H2,23,24)(H,25,31)(H,32,33)(H,35,36)(H,26,27,28,29)/t12?,15?,19-/m0/s1. The van der Waals surface area contributed by atoms with Gasteiger partial charge >= 0.3 is 11.9 Å². The predicted octanol–water partition coefficient (Wildman–Crippen LogP) is -1.19. The molecule has 2 aliphatic heterocycles. The molecule has 8 N–H and O–H groups in total. The Morgan fingerprint density at radius 3 is 2.58 bits per heavy atom. The SMILES string of the molecule is NC(=Nc1ccc(CC(=O)NC2C(=O)N3C(C(=O)O)=C(C(CCC(=O)O)Sc4nn[nH]n4)CS[C@@H]23)cc1)C(O)O. The van der Waals surface area contributed by atoms with Crippen LogP contribution in [0, 0.1) is 0 Å². The lowest BCUT2D eigenvalue weighted by Crippen LogP contribution is -2.70. The number of aliphatic carboxylic acids is 2. The van der Waals surface area contributed by atoms with Crippen LogP contribution in [0.1, 0.15) is 18.4 Å². The number of thioether (sulfide) groups is 2. The summed E-state index contributed by atoms with van der Waals surface area (Å²) in [5.74, 6) is -3.66. The van der Waals surface area contributed by atoms with E-state index in [1.54, 1.807) is 12.1 Å². The van der Waals surface area contributed by atoms with E-state index >= 15 is 0 Å². The molecule has 1 aromatic heterocycles. The van der Waals surface area contributed by atoms with Gasteiger partial charge in [-0.25, -0.2) is 9.79 Å². The molecule has 40 heavy (non-hydrogen) atoms. The molecular formula is C22H24N8O8S2. The van der Waals surface area contributed by atoms with Crippen molar-refractivity contribution in [2.45, 2.75) is 47.4 Å². The normalized spacial score (nSPS) is 19.7. The fourth-order valence-corrected chi connectivity index (χ4v) is 6.62. The number of fused-ring (bicyclic) bond motifs is 1. The minimum atomic E-state index is -1.89. The zero-order valence-corrected chi connectivity index (χ0v) is 22.1. The molecular weight excluding hydrogens is 568 g/mol. The summed E-state index contributed by atoms with van der Waals surface area (Å²) in [5, 5.41) is 52.2. The van der Waals surface area contributed by atoms with Crippen molar-refractivity contribution in [3.8, 4) is 0 Å². The van der Waals surface area contributed by atoms with Crippen LogP contribution < -0.4 is 11.1 Å². The van der Waals surface area contributed by atoms with E-state index in [2.05, 4.69) is 30.9 Å². The van der Waals surface area contributed by atoms with Gasteiger partial charge in [0.15, 0.2) is 5.84 Å². The van der Waals surface area contributed by atoms with Gasteiger partial charge in [-0.1, -0.05) is 23.9 Å². The topological polar surface area (TPSA) is 257 Å². The van der Waals surface area contributed by atoms with E-state index in [1.165, 1.54) is 23.9 Å². The second-order valence-electron chi connectivity index (χ2n) is 8.62. The van der Waals surface area contributed by atoms with Gasteiger partial charge in [-0.15, -0.1) is 22.0 Å². The molecule has 18 heteroatoms. The van der Waals surface area contributed by atoms with E-state index in [0.717, 1.165) is 16.7 Å². The number of carbonyl (C=O) groups is 4. The maximum Gasteiger partial charge on any atom is 0.352 e. The lowest BCUT2D eigenvalue weighted by atomic mass is 9.99. The number of hydrogen-bond donors (Lipinski definition) is 7. The van der Waals surface area contributed by atoms with E-state index < -0.39 is 46.7 Å². The average Bonchev–Trinajstić information content (AvgIpc) is 3.43.